The number of nitrogens with one attached hydrogen (secondary N) is 3. The molecule has 0 unspecified atom stereocenters. The summed E-state index contributed by atoms with van der Waals surface area (Å²) in [5, 5.41) is 8.20. The highest BCUT2D eigenvalue weighted by atomic mass is 35.5. The molecule has 0 atom stereocenters. The van der Waals surface area contributed by atoms with E-state index in [2.05, 4.69) is 15.5 Å². The van der Waals surface area contributed by atoms with E-state index >= 15 is 0 Å². The van der Waals surface area contributed by atoms with E-state index in [1.54, 1.807) is 0 Å². The van der Waals surface area contributed by atoms with E-state index in [1.165, 1.54) is 0 Å². The molecule has 3 N–H and O–H groups in total. The number of aryl methyl sites for hydroxylation is 1. The van der Waals surface area contributed by atoms with Gasteiger partial charge in [0.2, 0.25) is 0 Å². The molecule has 2 aromatic rings. The molecule has 0 saturated carbocycles. The van der Waals surface area contributed by atoms with Gasteiger partial charge in [-0.1, -0.05) is 11.6 Å². The first kappa shape index (κ1) is 11.1. The average Bonchev–Trinajstić information content (AvgIpc) is 2.32. The molecule has 6 heteroatoms. The van der Waals surface area contributed by atoms with Gasteiger partial charge in [0.1, 0.15) is 5.69 Å². The summed E-state index contributed by atoms with van der Waals surface area (Å²) in [6.45, 7) is 1.92. The minimum absolute atomic E-state index is 0.299. The Morgan fingerprint density at radius 1 is 1.11 bits per heavy atom. The van der Waals surface area contributed by atoms with E-state index in [-0.39, 0.29) is 11.1 Å². The van der Waals surface area contributed by atoms with Gasteiger partial charge >= 0.3 is 0 Å². The van der Waals surface area contributed by atoms with E-state index < -0.39 is 0 Å². The molecular weight excluding hydrogens is 254 g/mol. The van der Waals surface area contributed by atoms with Crippen molar-refractivity contribution in [2.24, 2.45) is 0 Å². The number of H-pyrrole nitrogens is 2. The third-order valence-corrected chi connectivity index (χ3v) is 3.38. The second kappa shape index (κ2) is 3.74. The lowest BCUT2D eigenvalue weighted by molar-refractivity contribution is 0.914. The fourth-order valence-corrected chi connectivity index (χ4v) is 2.52. The minimum Gasteiger partial charge on any atom is -0.350 e. The second-order valence-electron chi connectivity index (χ2n) is 4.34. The summed E-state index contributed by atoms with van der Waals surface area (Å²) in [7, 11) is 0. The van der Waals surface area contributed by atoms with Crippen LogP contribution < -0.4 is 16.4 Å². The molecule has 0 saturated heterocycles. The summed E-state index contributed by atoms with van der Waals surface area (Å²) in [5.41, 5.74) is 2.68. The molecule has 0 bridgehead atoms. The van der Waals surface area contributed by atoms with E-state index in [1.807, 2.05) is 19.1 Å². The van der Waals surface area contributed by atoms with Crippen LogP contribution in [0.2, 0.25) is 5.02 Å². The highest BCUT2D eigenvalue weighted by molar-refractivity contribution is 6.32. The average molecular weight is 264 g/mol. The number of hydrogen-bond donors (Lipinski definition) is 3. The summed E-state index contributed by atoms with van der Waals surface area (Å²) in [5.74, 6) is 0. The Balaban J connectivity index is 2.27. The van der Waals surface area contributed by atoms with Crippen LogP contribution in [0.25, 0.3) is 0 Å². The SMILES string of the molecule is Cc1cc(Cl)c2c(c1)Nc1c(c(=O)[nH][nH]c1=O)C2. The fraction of sp³-hybridized carbons (Fsp3) is 0.167. The highest BCUT2D eigenvalue weighted by Gasteiger charge is 2.22. The molecule has 0 fully saturated rings. The summed E-state index contributed by atoms with van der Waals surface area (Å²) in [6, 6.07) is 3.75. The third-order valence-electron chi connectivity index (χ3n) is 3.05. The Morgan fingerprint density at radius 3 is 2.61 bits per heavy atom. The van der Waals surface area contributed by atoms with Crippen molar-refractivity contribution >= 4 is 23.0 Å². The predicted octanol–water partition coefficient (Wildman–Crippen LogP) is 1.67. The Bertz CT molecular complexity index is 761. The maximum atomic E-state index is 11.7. The number of aromatic nitrogens is 2. The Morgan fingerprint density at radius 2 is 1.83 bits per heavy atom. The van der Waals surface area contributed by atoms with Crippen molar-refractivity contribution in [3.05, 3.63) is 54.6 Å². The molecule has 0 radical (unpaired) electrons. The van der Waals surface area contributed by atoms with E-state index in [9.17, 15) is 9.59 Å². The molecule has 18 heavy (non-hydrogen) atoms. The maximum Gasteiger partial charge on any atom is 0.286 e. The Hall–Kier alpha value is -2.01. The summed E-state index contributed by atoms with van der Waals surface area (Å²) >= 11 is 6.17. The van der Waals surface area contributed by atoms with Crippen molar-refractivity contribution < 1.29 is 0 Å². The number of hydrogen-bond acceptors (Lipinski definition) is 3. The van der Waals surface area contributed by atoms with Gasteiger partial charge in [0.15, 0.2) is 0 Å². The van der Waals surface area contributed by atoms with Crippen molar-refractivity contribution in [1.82, 2.24) is 10.2 Å². The molecule has 0 spiro atoms. The van der Waals surface area contributed by atoms with E-state index in [0.29, 0.717) is 22.7 Å². The van der Waals surface area contributed by atoms with Gasteiger partial charge in [-0.05, 0) is 30.2 Å². The minimum atomic E-state index is -0.340. The van der Waals surface area contributed by atoms with Gasteiger partial charge < -0.3 is 5.32 Å². The van der Waals surface area contributed by atoms with Gasteiger partial charge in [-0.15, -0.1) is 0 Å². The van der Waals surface area contributed by atoms with Crippen LogP contribution in [-0.4, -0.2) is 10.2 Å². The first-order chi connectivity index (χ1) is 8.56. The lowest BCUT2D eigenvalue weighted by atomic mass is 9.98. The molecule has 3 rings (SSSR count). The quantitative estimate of drug-likeness (QED) is 0.577. The molecule has 5 nitrogen and oxygen atoms in total. The van der Waals surface area contributed by atoms with Gasteiger partial charge in [0, 0.05) is 17.1 Å². The molecule has 92 valence electrons. The van der Waals surface area contributed by atoms with Crippen LogP contribution in [0.5, 0.6) is 0 Å². The van der Waals surface area contributed by atoms with Gasteiger partial charge in [0.05, 0.1) is 5.56 Å². The largest absolute Gasteiger partial charge is 0.350 e. The second-order valence-corrected chi connectivity index (χ2v) is 4.74. The fourth-order valence-electron chi connectivity index (χ4n) is 2.18. The zero-order chi connectivity index (χ0) is 12.9. The molecule has 1 aromatic heterocycles. The topological polar surface area (TPSA) is 77.8 Å². The van der Waals surface area contributed by atoms with Gasteiger partial charge in [-0.25, -0.2) is 0 Å². The maximum absolute atomic E-state index is 11.7. The molecule has 0 amide bonds. The van der Waals surface area contributed by atoms with Gasteiger partial charge in [-0.3, -0.25) is 19.8 Å². The van der Waals surface area contributed by atoms with Crippen molar-refractivity contribution in [3.63, 3.8) is 0 Å². The van der Waals surface area contributed by atoms with Crippen molar-refractivity contribution in [3.8, 4) is 0 Å². The highest BCUT2D eigenvalue weighted by Crippen LogP contribution is 2.34. The molecule has 1 aliphatic heterocycles. The monoisotopic (exact) mass is 263 g/mol. The molecular formula is C12H10ClN3O2. The molecule has 1 aliphatic rings. The molecule has 0 aliphatic carbocycles. The number of aromatic amines is 2. The van der Waals surface area contributed by atoms with Crippen LogP contribution in [0, 0.1) is 6.92 Å². The summed E-state index contributed by atoms with van der Waals surface area (Å²) in [4.78, 5) is 23.4. The zero-order valence-electron chi connectivity index (χ0n) is 9.56. The van der Waals surface area contributed by atoms with Crippen molar-refractivity contribution in [2.45, 2.75) is 13.3 Å². The Kier molecular flexibility index (Phi) is 2.31. The summed E-state index contributed by atoms with van der Waals surface area (Å²) < 4.78 is 0. The Labute approximate surface area is 107 Å². The van der Waals surface area contributed by atoms with Crippen molar-refractivity contribution in [2.75, 3.05) is 5.32 Å². The van der Waals surface area contributed by atoms with Gasteiger partial charge in [-0.2, -0.15) is 0 Å². The number of halogens is 1. The van der Waals surface area contributed by atoms with E-state index in [4.69, 9.17) is 11.6 Å². The van der Waals surface area contributed by atoms with Crippen LogP contribution in [0.15, 0.2) is 21.7 Å². The number of anilines is 2. The molecule has 2 heterocycles. The van der Waals surface area contributed by atoms with Crippen LogP contribution in [0.1, 0.15) is 16.7 Å². The number of rotatable bonds is 0. The zero-order valence-corrected chi connectivity index (χ0v) is 10.3. The van der Waals surface area contributed by atoms with Gasteiger partial charge in [0.25, 0.3) is 11.1 Å². The van der Waals surface area contributed by atoms with Crippen LogP contribution >= 0.6 is 11.6 Å². The van der Waals surface area contributed by atoms with Crippen molar-refractivity contribution in [1.29, 1.82) is 0 Å². The third kappa shape index (κ3) is 1.55. The first-order valence-electron chi connectivity index (χ1n) is 5.46. The lowest BCUT2D eigenvalue weighted by Gasteiger charge is -2.21. The predicted molar refractivity (Wildman–Crippen MR) is 70.0 cm³/mol. The van der Waals surface area contributed by atoms with Crippen LogP contribution in [0.3, 0.4) is 0 Å². The standard InChI is InChI=1S/C12H10ClN3O2/c1-5-2-8(13)6-4-7-10(14-9(6)3-5)12(18)16-15-11(7)17/h2-3,14H,4H2,1H3,(H,15,17)(H,16,18). The normalized spacial score (nSPS) is 12.6. The lowest BCUT2D eigenvalue weighted by Crippen LogP contribution is -2.29. The van der Waals surface area contributed by atoms with Crippen LogP contribution in [-0.2, 0) is 6.42 Å². The summed E-state index contributed by atoms with van der Waals surface area (Å²) in [6.07, 6.45) is 0.357. The number of benzene rings is 1. The molecule has 1 aromatic carbocycles. The number of fused-ring (bicyclic) bond motifs is 2. The first-order valence-corrected chi connectivity index (χ1v) is 5.84. The van der Waals surface area contributed by atoms with Crippen LogP contribution in [0.4, 0.5) is 11.4 Å². The smallest absolute Gasteiger partial charge is 0.286 e. The van der Waals surface area contributed by atoms with E-state index in [0.717, 1.165) is 16.8 Å².